The number of methoxy groups -OCH3 is 1. The number of nitrogens with zero attached hydrogens (tertiary/aromatic N) is 2. The lowest BCUT2D eigenvalue weighted by Gasteiger charge is -2.12. The molecule has 2 aromatic heterocycles. The van der Waals surface area contributed by atoms with E-state index in [0.717, 1.165) is 10.2 Å². The molecule has 1 saturated carbocycles. The van der Waals surface area contributed by atoms with Gasteiger partial charge >= 0.3 is 0 Å². The zero-order chi connectivity index (χ0) is 15.0. The van der Waals surface area contributed by atoms with Crippen LogP contribution in [-0.4, -0.2) is 28.6 Å². The Balaban J connectivity index is 1.82. The second-order valence-corrected chi connectivity index (χ2v) is 6.41. The van der Waals surface area contributed by atoms with Crippen molar-refractivity contribution in [1.82, 2.24) is 9.78 Å². The summed E-state index contributed by atoms with van der Waals surface area (Å²) >= 11 is 3.44. The van der Waals surface area contributed by atoms with E-state index in [0.29, 0.717) is 36.4 Å². The molecule has 3 rings (SSSR count). The van der Waals surface area contributed by atoms with E-state index in [2.05, 4.69) is 28.0 Å². The Morgan fingerprint density at radius 3 is 3.00 bits per heavy atom. The number of furan rings is 1. The van der Waals surface area contributed by atoms with E-state index in [-0.39, 0.29) is 0 Å². The van der Waals surface area contributed by atoms with Crippen LogP contribution in [0, 0.1) is 5.92 Å². The van der Waals surface area contributed by atoms with Gasteiger partial charge in [0.05, 0.1) is 29.5 Å². The highest BCUT2D eigenvalue weighted by atomic mass is 79.9. The van der Waals surface area contributed by atoms with Crippen LogP contribution in [0.3, 0.4) is 0 Å². The van der Waals surface area contributed by atoms with Gasteiger partial charge in [-0.15, -0.1) is 0 Å². The van der Waals surface area contributed by atoms with Crippen LogP contribution >= 0.6 is 15.9 Å². The molecule has 1 aliphatic rings. The first kappa shape index (κ1) is 14.8. The van der Waals surface area contributed by atoms with Crippen molar-refractivity contribution < 1.29 is 14.3 Å². The van der Waals surface area contributed by atoms with Gasteiger partial charge in [-0.3, -0.25) is 4.68 Å². The first-order chi connectivity index (χ1) is 10.1. The number of ether oxygens (including phenoxy) is 1. The van der Waals surface area contributed by atoms with Gasteiger partial charge in [0.2, 0.25) is 0 Å². The van der Waals surface area contributed by atoms with E-state index in [1.165, 1.54) is 6.42 Å². The molecule has 2 aromatic rings. The van der Waals surface area contributed by atoms with Crippen molar-refractivity contribution in [2.45, 2.75) is 31.9 Å². The fourth-order valence-corrected chi connectivity index (χ4v) is 3.08. The fraction of sp³-hybridized carbons (Fsp3) is 0.533. The third kappa shape index (κ3) is 2.93. The molecule has 0 aromatic carbocycles. The maximum absolute atomic E-state index is 10.6. The third-order valence-corrected chi connectivity index (χ3v) is 4.60. The largest absolute Gasteiger partial charge is 0.463 e. The summed E-state index contributed by atoms with van der Waals surface area (Å²) in [5, 5.41) is 14.9. The van der Waals surface area contributed by atoms with Gasteiger partial charge in [0.25, 0.3) is 0 Å². The van der Waals surface area contributed by atoms with E-state index in [1.54, 1.807) is 18.0 Å². The predicted octanol–water partition coefficient (Wildman–Crippen LogP) is 3.09. The Labute approximate surface area is 132 Å². The van der Waals surface area contributed by atoms with Gasteiger partial charge in [-0.05, 0) is 40.4 Å². The molecule has 1 fully saturated rings. The van der Waals surface area contributed by atoms with Crippen LogP contribution in [0.25, 0.3) is 0 Å². The molecule has 0 radical (unpaired) electrons. The fourth-order valence-electron chi connectivity index (χ4n) is 2.57. The number of hydrogen-bond acceptors (Lipinski definition) is 4. The van der Waals surface area contributed by atoms with Gasteiger partial charge in [-0.25, -0.2) is 0 Å². The average molecular weight is 355 g/mol. The van der Waals surface area contributed by atoms with Crippen LogP contribution in [-0.2, 0) is 11.3 Å². The first-order valence-electron chi connectivity index (χ1n) is 7.09. The molecule has 2 heterocycles. The maximum atomic E-state index is 10.6. The highest BCUT2D eigenvalue weighted by molar-refractivity contribution is 9.10. The van der Waals surface area contributed by atoms with E-state index in [4.69, 9.17) is 9.15 Å². The molecule has 21 heavy (non-hydrogen) atoms. The Kier molecular flexibility index (Phi) is 4.19. The van der Waals surface area contributed by atoms with Crippen molar-refractivity contribution in [3.63, 3.8) is 0 Å². The summed E-state index contributed by atoms with van der Waals surface area (Å²) in [7, 11) is 1.64. The Bertz CT molecular complexity index is 622. The summed E-state index contributed by atoms with van der Waals surface area (Å²) in [4.78, 5) is 0. The molecule has 1 aliphatic carbocycles. The first-order valence-corrected chi connectivity index (χ1v) is 7.89. The summed E-state index contributed by atoms with van der Waals surface area (Å²) in [6.45, 7) is 3.33. The Hall–Kier alpha value is -1.11. The second-order valence-electron chi connectivity index (χ2n) is 5.56. The van der Waals surface area contributed by atoms with Crippen molar-refractivity contribution in [3.8, 4) is 0 Å². The molecule has 3 unspecified atom stereocenters. The standard InChI is InChI=1S/C15H19BrN2O3/c1-9-7-10(9)12-3-4-13(21-12)15(19)14-11(16)8-17-18(14)5-6-20-2/h3-4,8-10,15,19H,5-7H2,1-2H3. The van der Waals surface area contributed by atoms with Crippen LogP contribution in [0.4, 0.5) is 0 Å². The number of rotatable bonds is 6. The van der Waals surface area contributed by atoms with Gasteiger partial charge in [0, 0.05) is 13.0 Å². The van der Waals surface area contributed by atoms with E-state index >= 15 is 0 Å². The maximum Gasteiger partial charge on any atom is 0.154 e. The van der Waals surface area contributed by atoms with Crippen molar-refractivity contribution in [3.05, 3.63) is 40.0 Å². The van der Waals surface area contributed by atoms with Gasteiger partial charge < -0.3 is 14.3 Å². The van der Waals surface area contributed by atoms with Crippen molar-refractivity contribution in [2.75, 3.05) is 13.7 Å². The number of hydrogen-bond donors (Lipinski definition) is 1. The molecule has 3 atom stereocenters. The molecule has 0 bridgehead atoms. The Morgan fingerprint density at radius 2 is 2.33 bits per heavy atom. The second kappa shape index (κ2) is 5.94. The lowest BCUT2D eigenvalue weighted by Crippen LogP contribution is -2.13. The van der Waals surface area contributed by atoms with Crippen molar-refractivity contribution in [1.29, 1.82) is 0 Å². The van der Waals surface area contributed by atoms with Gasteiger partial charge in [0.1, 0.15) is 11.5 Å². The van der Waals surface area contributed by atoms with E-state index in [1.807, 2.05) is 12.1 Å². The zero-order valence-corrected chi connectivity index (χ0v) is 13.7. The molecular weight excluding hydrogens is 336 g/mol. The van der Waals surface area contributed by atoms with E-state index < -0.39 is 6.10 Å². The minimum absolute atomic E-state index is 0.507. The zero-order valence-electron chi connectivity index (χ0n) is 12.1. The molecule has 0 saturated heterocycles. The SMILES string of the molecule is COCCn1ncc(Br)c1C(O)c1ccc(C2CC2C)o1. The monoisotopic (exact) mass is 354 g/mol. The molecule has 114 valence electrons. The van der Waals surface area contributed by atoms with Crippen LogP contribution in [0.15, 0.2) is 27.2 Å². The highest BCUT2D eigenvalue weighted by Crippen LogP contribution is 2.48. The normalized spacial score (nSPS) is 22.5. The van der Waals surface area contributed by atoms with Crippen LogP contribution in [0.1, 0.15) is 42.6 Å². The number of halogens is 1. The Morgan fingerprint density at radius 1 is 1.57 bits per heavy atom. The molecular formula is C15H19BrN2O3. The minimum Gasteiger partial charge on any atom is -0.463 e. The highest BCUT2D eigenvalue weighted by Gasteiger charge is 2.37. The summed E-state index contributed by atoms with van der Waals surface area (Å²) < 4.78 is 13.4. The third-order valence-electron chi connectivity index (χ3n) is 3.99. The molecule has 0 amide bonds. The van der Waals surface area contributed by atoms with Crippen LogP contribution in [0.2, 0.25) is 0 Å². The minimum atomic E-state index is -0.832. The molecule has 5 nitrogen and oxygen atoms in total. The summed E-state index contributed by atoms with van der Waals surface area (Å²) in [6, 6.07) is 3.82. The summed E-state index contributed by atoms with van der Waals surface area (Å²) in [5.74, 6) is 2.72. The predicted molar refractivity (Wildman–Crippen MR) is 81.1 cm³/mol. The van der Waals surface area contributed by atoms with Crippen LogP contribution in [0.5, 0.6) is 0 Å². The molecule has 6 heteroatoms. The van der Waals surface area contributed by atoms with E-state index in [9.17, 15) is 5.11 Å². The summed E-state index contributed by atoms with van der Waals surface area (Å²) in [6.07, 6.45) is 2.01. The topological polar surface area (TPSA) is 60.4 Å². The van der Waals surface area contributed by atoms with Crippen molar-refractivity contribution >= 4 is 15.9 Å². The van der Waals surface area contributed by atoms with Crippen LogP contribution < -0.4 is 0 Å². The number of aromatic nitrogens is 2. The average Bonchev–Trinajstić information content (AvgIpc) is 2.91. The van der Waals surface area contributed by atoms with Gasteiger partial charge in [-0.1, -0.05) is 6.92 Å². The summed E-state index contributed by atoms with van der Waals surface area (Å²) in [5.41, 5.74) is 0.691. The molecule has 1 N–H and O–H groups in total. The molecule has 0 aliphatic heterocycles. The van der Waals surface area contributed by atoms with Crippen molar-refractivity contribution in [2.24, 2.45) is 5.92 Å². The quantitative estimate of drug-likeness (QED) is 0.865. The smallest absolute Gasteiger partial charge is 0.154 e. The number of aliphatic hydroxyl groups is 1. The lowest BCUT2D eigenvalue weighted by molar-refractivity contribution is 0.159. The number of aliphatic hydroxyl groups excluding tert-OH is 1. The van der Waals surface area contributed by atoms with Gasteiger partial charge in [0.15, 0.2) is 6.10 Å². The lowest BCUT2D eigenvalue weighted by atomic mass is 10.2. The van der Waals surface area contributed by atoms with Gasteiger partial charge in [-0.2, -0.15) is 5.10 Å². The molecule has 0 spiro atoms.